The molecule has 23 heavy (non-hydrogen) atoms. The van der Waals surface area contributed by atoms with Crippen molar-refractivity contribution in [3.63, 3.8) is 0 Å². The van der Waals surface area contributed by atoms with Gasteiger partial charge in [0.25, 0.3) is 0 Å². The summed E-state index contributed by atoms with van der Waals surface area (Å²) in [7, 11) is 0. The molecule has 0 saturated carbocycles. The molecule has 124 valence electrons. The predicted molar refractivity (Wildman–Crippen MR) is 82.6 cm³/mol. The topological polar surface area (TPSA) is 18.5 Å². The van der Waals surface area contributed by atoms with Gasteiger partial charge in [0.1, 0.15) is 0 Å². The van der Waals surface area contributed by atoms with Crippen molar-refractivity contribution in [2.45, 2.75) is 41.5 Å². The van der Waals surface area contributed by atoms with E-state index in [1.807, 2.05) is 0 Å². The van der Waals surface area contributed by atoms with Gasteiger partial charge in [0.15, 0.2) is 0 Å². The Kier molecular flexibility index (Phi) is 9.51. The van der Waals surface area contributed by atoms with Crippen LogP contribution in [-0.2, 0) is 24.1 Å². The number of benzene rings is 2. The summed E-state index contributed by atoms with van der Waals surface area (Å²) < 4.78 is 11.9. The zero-order chi connectivity index (χ0) is 15.6. The molecule has 0 aliphatic rings. The van der Waals surface area contributed by atoms with Gasteiger partial charge in [0.2, 0.25) is 0 Å². The second-order valence-corrected chi connectivity index (χ2v) is 6.96. The van der Waals surface area contributed by atoms with Gasteiger partial charge < -0.3 is 24.8 Å². The van der Waals surface area contributed by atoms with E-state index >= 15 is 0 Å². The summed E-state index contributed by atoms with van der Waals surface area (Å²) in [6.07, 6.45) is 0. The first-order valence-electron chi connectivity index (χ1n) is 7.14. The van der Waals surface area contributed by atoms with Gasteiger partial charge in [-0.2, -0.15) is 0 Å². The van der Waals surface area contributed by atoms with E-state index < -0.39 is 24.1 Å². The summed E-state index contributed by atoms with van der Waals surface area (Å²) in [4.78, 5) is 0. The molecule has 0 bridgehead atoms. The van der Waals surface area contributed by atoms with Crippen LogP contribution in [0.4, 0.5) is 0 Å². The number of hydrogen-bond donors (Lipinski definition) is 0. The van der Waals surface area contributed by atoms with E-state index in [-0.39, 0.29) is 24.8 Å². The first-order chi connectivity index (χ1) is 9.91. The van der Waals surface area contributed by atoms with E-state index in [2.05, 4.69) is 65.8 Å². The van der Waals surface area contributed by atoms with E-state index in [9.17, 15) is 0 Å². The molecule has 5 heteroatoms. The molecule has 0 saturated heterocycles. The minimum atomic E-state index is -1.38. The molecule has 0 atom stereocenters. The van der Waals surface area contributed by atoms with E-state index in [0.717, 1.165) is 11.5 Å². The second kappa shape index (κ2) is 9.72. The van der Waals surface area contributed by atoms with Gasteiger partial charge in [-0.1, -0.05) is 0 Å². The predicted octanol–water partition coefficient (Wildman–Crippen LogP) is -1.08. The Morgan fingerprint density at radius 3 is 1.26 bits per heavy atom. The van der Waals surface area contributed by atoms with E-state index in [0.29, 0.717) is 0 Å². The number of halogens is 2. The molecule has 2 aromatic rings. The van der Waals surface area contributed by atoms with E-state index in [4.69, 9.17) is 5.63 Å². The quantitative estimate of drug-likeness (QED) is 0.612. The van der Waals surface area contributed by atoms with Crippen molar-refractivity contribution in [2.24, 2.45) is 0 Å². The van der Waals surface area contributed by atoms with Crippen LogP contribution in [-0.4, -0.2) is 0 Å². The van der Waals surface area contributed by atoms with E-state index in [1.165, 1.54) is 33.4 Å². The Morgan fingerprint density at radius 1 is 0.565 bits per heavy atom. The van der Waals surface area contributed by atoms with Crippen molar-refractivity contribution in [3.05, 3.63) is 57.6 Å². The Balaban J connectivity index is 0.00000242. The maximum absolute atomic E-state index is 5.95. The summed E-state index contributed by atoms with van der Waals surface area (Å²) in [5.41, 5.74) is 7.64. The van der Waals surface area contributed by atoms with Gasteiger partial charge in [0, 0.05) is 0 Å². The molecular formula is C18H22Cl2O2Zr. The smallest absolute Gasteiger partial charge is 1.00 e. The number of hydrogen-bond acceptors (Lipinski definition) is 2. The molecule has 2 rings (SSSR count). The minimum absolute atomic E-state index is 0. The Bertz CT molecular complexity index is 615. The van der Waals surface area contributed by atoms with Crippen molar-refractivity contribution < 1.29 is 54.6 Å². The third kappa shape index (κ3) is 5.24. The van der Waals surface area contributed by atoms with Gasteiger partial charge in [0.05, 0.1) is 0 Å². The molecule has 0 aromatic heterocycles. The molecule has 0 aliphatic carbocycles. The Morgan fingerprint density at radius 2 is 0.913 bits per heavy atom. The molecule has 0 fully saturated rings. The molecule has 0 unspecified atom stereocenters. The van der Waals surface area contributed by atoms with Crippen LogP contribution in [0.5, 0.6) is 11.5 Å². The normalized spacial score (nSPS) is 9.30. The van der Waals surface area contributed by atoms with Crippen molar-refractivity contribution in [3.8, 4) is 11.5 Å². The molecule has 2 nitrogen and oxygen atoms in total. The summed E-state index contributed by atoms with van der Waals surface area (Å²) in [5.74, 6) is 1.93. The average Bonchev–Trinajstić information content (AvgIpc) is 2.47. The van der Waals surface area contributed by atoms with Crippen LogP contribution in [0.3, 0.4) is 0 Å². The summed E-state index contributed by atoms with van der Waals surface area (Å²) >= 11 is -1.38. The van der Waals surface area contributed by atoms with Gasteiger partial charge in [-0.15, -0.1) is 0 Å². The van der Waals surface area contributed by atoms with Crippen LogP contribution in [0.2, 0.25) is 0 Å². The van der Waals surface area contributed by atoms with Crippen molar-refractivity contribution in [1.29, 1.82) is 0 Å². The maximum Gasteiger partial charge on any atom is -1.00 e. The van der Waals surface area contributed by atoms with Crippen LogP contribution in [0.1, 0.15) is 33.4 Å². The molecule has 0 radical (unpaired) electrons. The molecule has 0 aliphatic heterocycles. The van der Waals surface area contributed by atoms with Gasteiger partial charge >= 0.3 is 140 Å². The molecule has 0 spiro atoms. The third-order valence-electron chi connectivity index (χ3n) is 4.32. The number of aryl methyl sites for hydroxylation is 2. The molecule has 0 N–H and O–H groups in total. The van der Waals surface area contributed by atoms with Crippen LogP contribution in [0.15, 0.2) is 24.3 Å². The van der Waals surface area contributed by atoms with Gasteiger partial charge in [-0.25, -0.2) is 0 Å². The maximum atomic E-state index is 5.95. The van der Waals surface area contributed by atoms with Crippen molar-refractivity contribution in [2.75, 3.05) is 0 Å². The third-order valence-corrected chi connectivity index (χ3v) is 5.81. The molecule has 2 aromatic carbocycles. The first-order valence-corrected chi connectivity index (χ1v) is 9.14. The monoisotopic (exact) mass is 430 g/mol. The SMILES string of the molecule is Cc1ccc([O][Zr+2][O]c2ccc(C)c(C)c2C)c(C)c1C.[Cl-].[Cl-]. The average molecular weight is 433 g/mol. The fourth-order valence-corrected chi connectivity index (χ4v) is 3.83. The van der Waals surface area contributed by atoms with Crippen molar-refractivity contribution in [1.82, 2.24) is 0 Å². The zero-order valence-electron chi connectivity index (χ0n) is 14.4. The van der Waals surface area contributed by atoms with Crippen LogP contribution in [0, 0.1) is 41.5 Å². The van der Waals surface area contributed by atoms with Gasteiger partial charge in [-0.05, 0) is 0 Å². The summed E-state index contributed by atoms with van der Waals surface area (Å²) in [6.45, 7) is 12.7. The fourth-order valence-electron chi connectivity index (χ4n) is 2.19. The standard InChI is InChI=1S/2C9H12O.2ClH.Zr/c2*1-6-4-5-9(10)8(3)7(6)2;;;/h2*4-5,10H,1-3H3;2*1H;/q;;;;+4/p-4. The molecular weight excluding hydrogens is 410 g/mol. The van der Waals surface area contributed by atoms with Crippen LogP contribution < -0.4 is 30.4 Å². The Hall–Kier alpha value is -0.497. The Labute approximate surface area is 164 Å². The molecule has 0 heterocycles. The van der Waals surface area contributed by atoms with Crippen molar-refractivity contribution >= 4 is 0 Å². The molecule has 0 amide bonds. The largest absolute Gasteiger partial charge is 1.00 e. The number of rotatable bonds is 4. The first kappa shape index (κ1) is 22.5. The van der Waals surface area contributed by atoms with E-state index in [1.54, 1.807) is 0 Å². The zero-order valence-corrected chi connectivity index (χ0v) is 18.4. The summed E-state index contributed by atoms with van der Waals surface area (Å²) in [6, 6.07) is 8.32. The second-order valence-electron chi connectivity index (χ2n) is 5.55. The van der Waals surface area contributed by atoms with Crippen LogP contribution in [0.25, 0.3) is 0 Å². The van der Waals surface area contributed by atoms with Gasteiger partial charge in [-0.3, -0.25) is 0 Å². The fraction of sp³-hybridized carbons (Fsp3) is 0.333. The minimum Gasteiger partial charge on any atom is -1.00 e. The summed E-state index contributed by atoms with van der Waals surface area (Å²) in [5, 5.41) is 0. The van der Waals surface area contributed by atoms with Crippen LogP contribution >= 0.6 is 0 Å².